The van der Waals surface area contributed by atoms with Crippen LogP contribution >= 0.6 is 0 Å². The molecule has 0 spiro atoms. The monoisotopic (exact) mass is 222 g/mol. The average Bonchev–Trinajstić information content (AvgIpc) is 3.00. The van der Waals surface area contributed by atoms with Gasteiger partial charge in [-0.3, -0.25) is 0 Å². The second kappa shape index (κ2) is 6.06. The Bertz CT molecular complexity index is 305. The van der Waals surface area contributed by atoms with Crippen molar-refractivity contribution in [1.29, 1.82) is 0 Å². The topological polar surface area (TPSA) is 37.2 Å². The lowest BCUT2D eigenvalue weighted by Gasteiger charge is -2.03. The zero-order chi connectivity index (χ0) is 11.2. The van der Waals surface area contributed by atoms with E-state index in [0.29, 0.717) is 0 Å². The minimum absolute atomic E-state index is 0.837. The highest BCUT2D eigenvalue weighted by atomic mass is 16.3. The number of furan rings is 1. The lowest BCUT2D eigenvalue weighted by atomic mass is 10.1. The van der Waals surface area contributed by atoms with Crippen molar-refractivity contribution in [1.82, 2.24) is 10.6 Å². The number of rotatable bonds is 8. The molecule has 90 valence electrons. The zero-order valence-corrected chi connectivity index (χ0v) is 10.1. The lowest BCUT2D eigenvalue weighted by molar-refractivity contribution is 0.487. The molecule has 1 fully saturated rings. The number of hydrogen-bond donors (Lipinski definition) is 2. The van der Waals surface area contributed by atoms with Crippen LogP contribution in [0.1, 0.15) is 37.0 Å². The van der Waals surface area contributed by atoms with Crippen molar-refractivity contribution in [3.8, 4) is 0 Å². The summed E-state index contributed by atoms with van der Waals surface area (Å²) in [6.45, 7) is 2.07. The second-order valence-corrected chi connectivity index (χ2v) is 4.58. The van der Waals surface area contributed by atoms with E-state index in [2.05, 4.69) is 16.7 Å². The van der Waals surface area contributed by atoms with Crippen molar-refractivity contribution in [2.75, 3.05) is 13.6 Å². The minimum Gasteiger partial charge on any atom is -0.469 e. The molecule has 1 aromatic rings. The third kappa shape index (κ3) is 3.65. The van der Waals surface area contributed by atoms with Crippen molar-refractivity contribution in [2.24, 2.45) is 0 Å². The van der Waals surface area contributed by atoms with Gasteiger partial charge in [0.1, 0.15) is 5.76 Å². The van der Waals surface area contributed by atoms with Crippen LogP contribution in [-0.4, -0.2) is 19.6 Å². The molecule has 1 aromatic heterocycles. The average molecular weight is 222 g/mol. The maximum absolute atomic E-state index is 5.50. The second-order valence-electron chi connectivity index (χ2n) is 4.58. The summed E-state index contributed by atoms with van der Waals surface area (Å²) in [4.78, 5) is 0. The Balaban J connectivity index is 1.61. The predicted octanol–water partition coefficient (Wildman–Crippen LogP) is 2.07. The lowest BCUT2D eigenvalue weighted by Crippen LogP contribution is -2.17. The van der Waals surface area contributed by atoms with Gasteiger partial charge in [0, 0.05) is 24.6 Å². The number of nitrogens with one attached hydrogen (secondary N) is 2. The Morgan fingerprint density at radius 2 is 2.25 bits per heavy atom. The summed E-state index contributed by atoms with van der Waals surface area (Å²) in [6.07, 6.45) is 8.08. The molecule has 3 heteroatoms. The molecule has 1 saturated carbocycles. The molecular weight excluding hydrogens is 200 g/mol. The molecule has 1 aliphatic rings. The van der Waals surface area contributed by atoms with Gasteiger partial charge in [-0.2, -0.15) is 0 Å². The van der Waals surface area contributed by atoms with Crippen LogP contribution in [0.25, 0.3) is 0 Å². The van der Waals surface area contributed by atoms with Crippen molar-refractivity contribution < 1.29 is 4.42 Å². The van der Waals surface area contributed by atoms with Gasteiger partial charge in [0.15, 0.2) is 0 Å². The van der Waals surface area contributed by atoms with Gasteiger partial charge >= 0.3 is 0 Å². The van der Waals surface area contributed by atoms with Crippen LogP contribution in [-0.2, 0) is 13.0 Å². The Hall–Kier alpha value is -0.800. The first kappa shape index (κ1) is 11.7. The fourth-order valence-electron chi connectivity index (χ4n) is 1.94. The van der Waals surface area contributed by atoms with Crippen molar-refractivity contribution in [3.05, 3.63) is 23.7 Å². The van der Waals surface area contributed by atoms with Crippen molar-refractivity contribution >= 4 is 0 Å². The SMILES string of the molecule is CNCc1ccoc1CCCCNC1CC1. The minimum atomic E-state index is 0.837. The number of hydrogen-bond acceptors (Lipinski definition) is 3. The first-order valence-corrected chi connectivity index (χ1v) is 6.33. The van der Waals surface area contributed by atoms with Gasteiger partial charge in [-0.1, -0.05) is 0 Å². The molecule has 0 bridgehead atoms. The summed E-state index contributed by atoms with van der Waals surface area (Å²) in [5.41, 5.74) is 1.30. The van der Waals surface area contributed by atoms with Crippen molar-refractivity contribution in [2.45, 2.75) is 44.7 Å². The van der Waals surface area contributed by atoms with E-state index in [4.69, 9.17) is 4.42 Å². The quantitative estimate of drug-likeness (QED) is 0.661. The molecule has 3 nitrogen and oxygen atoms in total. The van der Waals surface area contributed by atoms with E-state index in [1.807, 2.05) is 7.05 Å². The molecule has 2 N–H and O–H groups in total. The Labute approximate surface area is 97.6 Å². The van der Waals surface area contributed by atoms with Gasteiger partial charge in [0.25, 0.3) is 0 Å². The van der Waals surface area contributed by atoms with Gasteiger partial charge in [0.2, 0.25) is 0 Å². The normalized spacial score (nSPS) is 15.6. The Kier molecular flexibility index (Phi) is 4.43. The molecule has 0 saturated heterocycles. The fraction of sp³-hybridized carbons (Fsp3) is 0.692. The third-order valence-corrected chi connectivity index (χ3v) is 3.05. The van der Waals surface area contributed by atoms with E-state index in [-0.39, 0.29) is 0 Å². The highest BCUT2D eigenvalue weighted by Gasteiger charge is 2.19. The molecule has 0 aliphatic heterocycles. The Morgan fingerprint density at radius 3 is 3.00 bits per heavy atom. The third-order valence-electron chi connectivity index (χ3n) is 3.05. The summed E-state index contributed by atoms with van der Waals surface area (Å²) in [5, 5.41) is 6.70. The number of aryl methyl sites for hydroxylation is 1. The largest absolute Gasteiger partial charge is 0.469 e. The molecule has 1 aliphatic carbocycles. The first-order valence-electron chi connectivity index (χ1n) is 6.33. The molecular formula is C13H22N2O. The fourth-order valence-corrected chi connectivity index (χ4v) is 1.94. The smallest absolute Gasteiger partial charge is 0.108 e. The van der Waals surface area contributed by atoms with Crippen LogP contribution in [0, 0.1) is 0 Å². The van der Waals surface area contributed by atoms with E-state index in [0.717, 1.165) is 31.3 Å². The zero-order valence-electron chi connectivity index (χ0n) is 10.1. The highest BCUT2D eigenvalue weighted by molar-refractivity contribution is 5.16. The van der Waals surface area contributed by atoms with Gasteiger partial charge in [0.05, 0.1) is 6.26 Å². The predicted molar refractivity (Wildman–Crippen MR) is 65.4 cm³/mol. The van der Waals surface area contributed by atoms with Crippen LogP contribution in [0.5, 0.6) is 0 Å². The van der Waals surface area contributed by atoms with Crippen LogP contribution in [0.3, 0.4) is 0 Å². The maximum Gasteiger partial charge on any atom is 0.108 e. The molecule has 0 amide bonds. The van der Waals surface area contributed by atoms with Gasteiger partial charge in [-0.15, -0.1) is 0 Å². The number of unbranched alkanes of at least 4 members (excludes halogenated alkanes) is 1. The standard InChI is InChI=1S/C13H22N2O/c1-14-10-11-7-9-16-13(11)4-2-3-8-15-12-5-6-12/h7,9,12,14-15H,2-6,8,10H2,1H3. The summed E-state index contributed by atoms with van der Waals surface area (Å²) < 4.78 is 5.50. The van der Waals surface area contributed by atoms with E-state index in [9.17, 15) is 0 Å². The van der Waals surface area contributed by atoms with E-state index >= 15 is 0 Å². The van der Waals surface area contributed by atoms with Crippen LogP contribution in [0.2, 0.25) is 0 Å². The highest BCUT2D eigenvalue weighted by Crippen LogP contribution is 2.18. The molecule has 16 heavy (non-hydrogen) atoms. The van der Waals surface area contributed by atoms with E-state index in [1.165, 1.54) is 31.2 Å². The molecule has 0 unspecified atom stereocenters. The Morgan fingerprint density at radius 1 is 1.38 bits per heavy atom. The van der Waals surface area contributed by atoms with Crippen molar-refractivity contribution in [3.63, 3.8) is 0 Å². The van der Waals surface area contributed by atoms with Gasteiger partial charge < -0.3 is 15.1 Å². The summed E-state index contributed by atoms with van der Waals surface area (Å²) in [7, 11) is 1.97. The van der Waals surface area contributed by atoms with Gasteiger partial charge in [-0.05, 0) is 45.3 Å². The molecule has 1 heterocycles. The van der Waals surface area contributed by atoms with E-state index in [1.54, 1.807) is 6.26 Å². The molecule has 0 radical (unpaired) electrons. The first-order chi connectivity index (χ1) is 7.90. The van der Waals surface area contributed by atoms with Crippen LogP contribution in [0.4, 0.5) is 0 Å². The van der Waals surface area contributed by atoms with Crippen LogP contribution in [0.15, 0.2) is 16.7 Å². The molecule has 2 rings (SSSR count). The maximum atomic E-state index is 5.50. The summed E-state index contributed by atoms with van der Waals surface area (Å²) in [6, 6.07) is 2.90. The van der Waals surface area contributed by atoms with Crippen LogP contribution < -0.4 is 10.6 Å². The summed E-state index contributed by atoms with van der Waals surface area (Å²) >= 11 is 0. The summed E-state index contributed by atoms with van der Waals surface area (Å²) in [5.74, 6) is 1.15. The van der Waals surface area contributed by atoms with Gasteiger partial charge in [-0.25, -0.2) is 0 Å². The molecule has 0 aromatic carbocycles. The van der Waals surface area contributed by atoms with E-state index < -0.39 is 0 Å². The molecule has 0 atom stereocenters.